The Morgan fingerprint density at radius 3 is 2.81 bits per heavy atom. The zero-order valence-electron chi connectivity index (χ0n) is 16.8. The minimum Gasteiger partial charge on any atom is -0.384 e. The fourth-order valence-electron chi connectivity index (χ4n) is 3.22. The van der Waals surface area contributed by atoms with E-state index in [2.05, 4.69) is 15.5 Å². The van der Waals surface area contributed by atoms with Gasteiger partial charge in [0.15, 0.2) is 0 Å². The molecule has 7 nitrogen and oxygen atoms in total. The third-order valence-corrected chi connectivity index (χ3v) is 4.98. The summed E-state index contributed by atoms with van der Waals surface area (Å²) in [4.78, 5) is 24.6. The van der Waals surface area contributed by atoms with Gasteiger partial charge in [-0.05, 0) is 41.8 Å². The molecule has 31 heavy (non-hydrogen) atoms. The summed E-state index contributed by atoms with van der Waals surface area (Å²) in [6.45, 7) is 0.482. The van der Waals surface area contributed by atoms with Gasteiger partial charge in [0.25, 0.3) is 5.91 Å². The van der Waals surface area contributed by atoms with Crippen molar-refractivity contribution in [3.8, 4) is 11.3 Å². The van der Waals surface area contributed by atoms with Gasteiger partial charge in [-0.1, -0.05) is 29.8 Å². The Morgan fingerprint density at radius 1 is 1.29 bits per heavy atom. The third kappa shape index (κ3) is 5.68. The van der Waals surface area contributed by atoms with Gasteiger partial charge in [0.2, 0.25) is 5.91 Å². The number of hydrogen-bond donors (Lipinski definition) is 3. The SMILES string of the molecule is COCCc1ccc(F)c(-c2[nH]ncc2C(=O)N[C@@H](CC(N)=O)c2cccc(Cl)c2)c1. The van der Waals surface area contributed by atoms with Crippen LogP contribution in [0, 0.1) is 5.82 Å². The number of hydrogen-bond acceptors (Lipinski definition) is 4. The number of aromatic amines is 1. The zero-order valence-corrected chi connectivity index (χ0v) is 17.6. The molecule has 0 aliphatic rings. The number of carbonyl (C=O) groups is 2. The standard InChI is InChI=1S/C22H22ClFN4O3/c1-31-8-7-13-5-6-18(24)16(9-13)21-17(12-26-28-21)22(30)27-19(11-20(25)29)14-3-2-4-15(23)10-14/h2-6,9-10,12,19H,7-8,11H2,1H3,(H2,25,29)(H,26,28)(H,27,30)/t19-/m0/s1. The number of halogens is 2. The number of nitrogens with one attached hydrogen (secondary N) is 2. The summed E-state index contributed by atoms with van der Waals surface area (Å²) in [5, 5.41) is 9.84. The quantitative estimate of drug-likeness (QED) is 0.469. The number of nitrogens with zero attached hydrogens (tertiary/aromatic N) is 1. The van der Waals surface area contributed by atoms with E-state index in [4.69, 9.17) is 22.1 Å². The van der Waals surface area contributed by atoms with E-state index in [9.17, 15) is 14.0 Å². The van der Waals surface area contributed by atoms with Crippen LogP contribution in [0.25, 0.3) is 11.3 Å². The molecule has 0 saturated carbocycles. The smallest absolute Gasteiger partial charge is 0.255 e. The molecule has 1 heterocycles. The predicted molar refractivity (Wildman–Crippen MR) is 115 cm³/mol. The molecule has 0 saturated heterocycles. The molecule has 1 atom stereocenters. The van der Waals surface area contributed by atoms with Crippen LogP contribution < -0.4 is 11.1 Å². The Kier molecular flexibility index (Phi) is 7.38. The van der Waals surface area contributed by atoms with Crippen molar-refractivity contribution in [3.63, 3.8) is 0 Å². The first-order valence-corrected chi connectivity index (χ1v) is 9.92. The maximum atomic E-state index is 14.6. The molecule has 2 amide bonds. The first-order chi connectivity index (χ1) is 14.9. The average molecular weight is 445 g/mol. The summed E-state index contributed by atoms with van der Waals surface area (Å²) < 4.78 is 19.6. The second-order valence-electron chi connectivity index (χ2n) is 6.97. The molecule has 3 rings (SSSR count). The molecule has 0 bridgehead atoms. The number of nitrogens with two attached hydrogens (primary N) is 1. The summed E-state index contributed by atoms with van der Waals surface area (Å²) >= 11 is 6.04. The van der Waals surface area contributed by atoms with Crippen molar-refractivity contribution in [3.05, 3.63) is 76.2 Å². The highest BCUT2D eigenvalue weighted by Gasteiger charge is 2.23. The van der Waals surface area contributed by atoms with Crippen molar-refractivity contribution in [1.82, 2.24) is 15.5 Å². The fraction of sp³-hybridized carbons (Fsp3) is 0.227. The van der Waals surface area contributed by atoms with Gasteiger partial charge >= 0.3 is 0 Å². The molecule has 0 aliphatic heterocycles. The van der Waals surface area contributed by atoms with Gasteiger partial charge < -0.3 is 15.8 Å². The van der Waals surface area contributed by atoms with Crippen LogP contribution in [0.4, 0.5) is 4.39 Å². The van der Waals surface area contributed by atoms with E-state index in [0.717, 1.165) is 5.56 Å². The normalized spacial score (nSPS) is 11.8. The molecule has 1 aromatic heterocycles. The van der Waals surface area contributed by atoms with Crippen LogP contribution in [-0.2, 0) is 16.0 Å². The molecule has 0 spiro atoms. The predicted octanol–water partition coefficient (Wildman–Crippen LogP) is 3.40. The minimum absolute atomic E-state index is 0.125. The highest BCUT2D eigenvalue weighted by molar-refractivity contribution is 6.30. The van der Waals surface area contributed by atoms with E-state index in [0.29, 0.717) is 23.6 Å². The van der Waals surface area contributed by atoms with Gasteiger partial charge in [-0.2, -0.15) is 5.10 Å². The molecule has 162 valence electrons. The van der Waals surface area contributed by atoms with Gasteiger partial charge in [0, 0.05) is 17.7 Å². The van der Waals surface area contributed by atoms with Crippen LogP contribution in [0.15, 0.2) is 48.7 Å². The maximum Gasteiger partial charge on any atom is 0.255 e. The Hall–Kier alpha value is -3.23. The fourth-order valence-corrected chi connectivity index (χ4v) is 3.41. The van der Waals surface area contributed by atoms with E-state index >= 15 is 0 Å². The van der Waals surface area contributed by atoms with Gasteiger partial charge in [0.1, 0.15) is 5.82 Å². The van der Waals surface area contributed by atoms with Crippen LogP contribution >= 0.6 is 11.6 Å². The van der Waals surface area contributed by atoms with Crippen molar-refractivity contribution in [2.45, 2.75) is 18.9 Å². The molecule has 2 aromatic carbocycles. The van der Waals surface area contributed by atoms with Crippen molar-refractivity contribution in [1.29, 1.82) is 0 Å². The summed E-state index contributed by atoms with van der Waals surface area (Å²) in [5.74, 6) is -1.62. The van der Waals surface area contributed by atoms with Crippen molar-refractivity contribution < 1.29 is 18.7 Å². The number of rotatable bonds is 9. The van der Waals surface area contributed by atoms with E-state index in [1.807, 2.05) is 0 Å². The first-order valence-electron chi connectivity index (χ1n) is 9.54. The van der Waals surface area contributed by atoms with Crippen LogP contribution in [0.3, 0.4) is 0 Å². The Bertz CT molecular complexity index is 1090. The molecule has 0 aliphatic carbocycles. The number of primary amides is 1. The molecule has 0 unspecified atom stereocenters. The van der Waals surface area contributed by atoms with E-state index < -0.39 is 23.7 Å². The lowest BCUT2D eigenvalue weighted by atomic mass is 10.0. The molecular weight excluding hydrogens is 423 g/mol. The van der Waals surface area contributed by atoms with Crippen molar-refractivity contribution in [2.24, 2.45) is 5.73 Å². The number of benzene rings is 2. The van der Waals surface area contributed by atoms with Gasteiger partial charge in [0.05, 0.1) is 36.5 Å². The molecular formula is C22H22ClFN4O3. The lowest BCUT2D eigenvalue weighted by Crippen LogP contribution is -2.32. The van der Waals surface area contributed by atoms with E-state index in [1.165, 1.54) is 12.3 Å². The summed E-state index contributed by atoms with van der Waals surface area (Å²) in [7, 11) is 1.59. The van der Waals surface area contributed by atoms with Gasteiger partial charge in [-0.15, -0.1) is 0 Å². The van der Waals surface area contributed by atoms with Crippen LogP contribution in [0.1, 0.15) is 33.9 Å². The number of H-pyrrole nitrogens is 1. The molecule has 3 aromatic rings. The van der Waals surface area contributed by atoms with Crippen LogP contribution in [-0.4, -0.2) is 35.7 Å². The number of methoxy groups -OCH3 is 1. The van der Waals surface area contributed by atoms with E-state index in [1.54, 1.807) is 43.5 Å². The largest absolute Gasteiger partial charge is 0.384 e. The van der Waals surface area contributed by atoms with Gasteiger partial charge in [-0.25, -0.2) is 4.39 Å². The second kappa shape index (κ2) is 10.2. The first kappa shape index (κ1) is 22.5. The number of ether oxygens (including phenoxy) is 1. The number of carbonyl (C=O) groups excluding carboxylic acids is 2. The maximum absolute atomic E-state index is 14.6. The highest BCUT2D eigenvalue weighted by atomic mass is 35.5. The topological polar surface area (TPSA) is 110 Å². The lowest BCUT2D eigenvalue weighted by molar-refractivity contribution is -0.118. The highest BCUT2D eigenvalue weighted by Crippen LogP contribution is 2.27. The zero-order chi connectivity index (χ0) is 22.4. The average Bonchev–Trinajstić information content (AvgIpc) is 3.22. The third-order valence-electron chi connectivity index (χ3n) is 4.74. The summed E-state index contributed by atoms with van der Waals surface area (Å²) in [6, 6.07) is 10.7. The second-order valence-corrected chi connectivity index (χ2v) is 7.40. The monoisotopic (exact) mass is 444 g/mol. The van der Waals surface area contributed by atoms with Crippen molar-refractivity contribution in [2.75, 3.05) is 13.7 Å². The molecule has 4 N–H and O–H groups in total. The molecule has 0 fully saturated rings. The molecule has 9 heteroatoms. The van der Waals surface area contributed by atoms with Crippen LogP contribution in [0.2, 0.25) is 5.02 Å². The summed E-state index contributed by atoms with van der Waals surface area (Å²) in [6.07, 6.45) is 1.78. The van der Waals surface area contributed by atoms with Gasteiger partial charge in [-0.3, -0.25) is 14.7 Å². The minimum atomic E-state index is -0.704. The van der Waals surface area contributed by atoms with Crippen molar-refractivity contribution >= 4 is 23.4 Å². The Morgan fingerprint density at radius 2 is 2.10 bits per heavy atom. The number of amides is 2. The summed E-state index contributed by atoms with van der Waals surface area (Å²) in [5.41, 5.74) is 7.42. The Labute approximate surface area is 183 Å². The lowest BCUT2D eigenvalue weighted by Gasteiger charge is -2.18. The van der Waals surface area contributed by atoms with Crippen LogP contribution in [0.5, 0.6) is 0 Å². The van der Waals surface area contributed by atoms with E-state index in [-0.39, 0.29) is 23.2 Å². The molecule has 0 radical (unpaired) electrons. The number of aromatic nitrogens is 2. The Balaban J connectivity index is 1.90.